The molecule has 2 aliphatic rings. The monoisotopic (exact) mass is 248 g/mol. The SMILES string of the molecule is CCC1CN(C(=O)C2(N)CC2)CC(C)O1.Cl. The highest BCUT2D eigenvalue weighted by Gasteiger charge is 2.49. The summed E-state index contributed by atoms with van der Waals surface area (Å²) in [7, 11) is 0. The quantitative estimate of drug-likeness (QED) is 0.791. The van der Waals surface area contributed by atoms with E-state index in [4.69, 9.17) is 10.5 Å². The van der Waals surface area contributed by atoms with Crippen LogP contribution in [0.15, 0.2) is 0 Å². The zero-order chi connectivity index (χ0) is 11.1. The lowest BCUT2D eigenvalue weighted by Gasteiger charge is -2.37. The molecule has 1 aliphatic carbocycles. The summed E-state index contributed by atoms with van der Waals surface area (Å²) in [6.45, 7) is 5.49. The van der Waals surface area contributed by atoms with Crippen LogP contribution < -0.4 is 5.73 Å². The third-order valence-electron chi connectivity index (χ3n) is 3.28. The van der Waals surface area contributed by atoms with Crippen molar-refractivity contribution >= 4 is 18.3 Å². The molecule has 5 heteroatoms. The summed E-state index contributed by atoms with van der Waals surface area (Å²) in [5, 5.41) is 0. The smallest absolute Gasteiger partial charge is 0.242 e. The van der Waals surface area contributed by atoms with Gasteiger partial charge in [-0.25, -0.2) is 0 Å². The maximum absolute atomic E-state index is 12.0. The number of halogens is 1. The molecule has 0 aromatic carbocycles. The first-order valence-electron chi connectivity index (χ1n) is 5.79. The fraction of sp³-hybridized carbons (Fsp3) is 0.909. The fourth-order valence-electron chi connectivity index (χ4n) is 2.10. The molecule has 1 saturated heterocycles. The largest absolute Gasteiger partial charge is 0.372 e. The van der Waals surface area contributed by atoms with Gasteiger partial charge in [0.25, 0.3) is 0 Å². The van der Waals surface area contributed by atoms with Crippen LogP contribution in [0.1, 0.15) is 33.1 Å². The molecule has 0 spiro atoms. The van der Waals surface area contributed by atoms with E-state index in [2.05, 4.69) is 6.92 Å². The number of ether oxygens (including phenoxy) is 1. The Bertz CT molecular complexity index is 269. The van der Waals surface area contributed by atoms with Gasteiger partial charge in [0.1, 0.15) is 0 Å². The Labute approximate surface area is 103 Å². The van der Waals surface area contributed by atoms with Gasteiger partial charge in [-0.1, -0.05) is 6.92 Å². The standard InChI is InChI=1S/C11H20N2O2.ClH/c1-3-9-7-13(6-8(2)15-9)10(14)11(12)4-5-11;/h8-9H,3-7,12H2,1-2H3;1H. The van der Waals surface area contributed by atoms with Crippen LogP contribution in [0.5, 0.6) is 0 Å². The van der Waals surface area contributed by atoms with Gasteiger partial charge in [0.05, 0.1) is 17.7 Å². The van der Waals surface area contributed by atoms with Crippen LogP contribution in [0.4, 0.5) is 0 Å². The molecule has 0 bridgehead atoms. The van der Waals surface area contributed by atoms with Gasteiger partial charge in [-0.2, -0.15) is 0 Å². The Kier molecular flexibility index (Phi) is 4.21. The van der Waals surface area contributed by atoms with E-state index in [1.165, 1.54) is 0 Å². The zero-order valence-corrected chi connectivity index (χ0v) is 10.8. The molecule has 4 nitrogen and oxygen atoms in total. The van der Waals surface area contributed by atoms with E-state index in [9.17, 15) is 4.79 Å². The Morgan fingerprint density at radius 3 is 2.62 bits per heavy atom. The summed E-state index contributed by atoms with van der Waals surface area (Å²) < 4.78 is 5.71. The van der Waals surface area contributed by atoms with Crippen molar-refractivity contribution in [3.8, 4) is 0 Å². The normalized spacial score (nSPS) is 31.8. The molecule has 2 rings (SSSR count). The number of carbonyl (C=O) groups is 1. The molecule has 94 valence electrons. The van der Waals surface area contributed by atoms with Crippen molar-refractivity contribution in [2.75, 3.05) is 13.1 Å². The number of carbonyl (C=O) groups excluding carboxylic acids is 1. The van der Waals surface area contributed by atoms with Gasteiger partial charge in [0.15, 0.2) is 0 Å². The second kappa shape index (κ2) is 4.90. The first-order chi connectivity index (χ1) is 7.05. The second-order valence-corrected chi connectivity index (χ2v) is 4.84. The number of nitrogens with two attached hydrogens (primary N) is 1. The van der Waals surface area contributed by atoms with Crippen molar-refractivity contribution in [2.45, 2.75) is 50.9 Å². The molecule has 1 heterocycles. The van der Waals surface area contributed by atoms with Crippen molar-refractivity contribution < 1.29 is 9.53 Å². The van der Waals surface area contributed by atoms with Crippen LogP contribution in [0.25, 0.3) is 0 Å². The maximum atomic E-state index is 12.0. The van der Waals surface area contributed by atoms with E-state index < -0.39 is 5.54 Å². The first kappa shape index (κ1) is 13.7. The number of hydrogen-bond donors (Lipinski definition) is 1. The molecule has 1 saturated carbocycles. The lowest BCUT2D eigenvalue weighted by Crippen LogP contribution is -2.54. The number of amides is 1. The highest BCUT2D eigenvalue weighted by atomic mass is 35.5. The molecule has 0 aromatic rings. The number of nitrogens with zero attached hydrogens (tertiary/aromatic N) is 1. The predicted molar refractivity (Wildman–Crippen MR) is 64.6 cm³/mol. The minimum atomic E-state index is -0.532. The van der Waals surface area contributed by atoms with Crippen molar-refractivity contribution in [1.82, 2.24) is 4.90 Å². The number of hydrogen-bond acceptors (Lipinski definition) is 3. The topological polar surface area (TPSA) is 55.6 Å². The summed E-state index contributed by atoms with van der Waals surface area (Å²) in [5.74, 6) is 0.121. The van der Waals surface area contributed by atoms with Crippen molar-refractivity contribution in [1.29, 1.82) is 0 Å². The third kappa shape index (κ3) is 2.67. The van der Waals surface area contributed by atoms with Crippen LogP contribution in [0, 0.1) is 0 Å². The highest BCUT2D eigenvalue weighted by Crippen LogP contribution is 2.34. The maximum Gasteiger partial charge on any atom is 0.242 e. The summed E-state index contributed by atoms with van der Waals surface area (Å²) >= 11 is 0. The third-order valence-corrected chi connectivity index (χ3v) is 3.28. The van der Waals surface area contributed by atoms with E-state index in [-0.39, 0.29) is 30.5 Å². The molecular formula is C11H21ClN2O2. The lowest BCUT2D eigenvalue weighted by molar-refractivity contribution is -0.146. The Morgan fingerprint density at radius 1 is 1.50 bits per heavy atom. The zero-order valence-electron chi connectivity index (χ0n) is 9.94. The van der Waals surface area contributed by atoms with Crippen molar-refractivity contribution in [3.63, 3.8) is 0 Å². The van der Waals surface area contributed by atoms with Gasteiger partial charge in [-0.05, 0) is 26.2 Å². The van der Waals surface area contributed by atoms with E-state index in [1.54, 1.807) is 0 Å². The van der Waals surface area contributed by atoms with Gasteiger partial charge in [-0.15, -0.1) is 12.4 Å². The molecule has 2 unspecified atom stereocenters. The van der Waals surface area contributed by atoms with Gasteiger partial charge in [-0.3, -0.25) is 4.79 Å². The Hall–Kier alpha value is -0.320. The molecule has 1 amide bonds. The summed E-state index contributed by atoms with van der Waals surface area (Å²) in [6, 6.07) is 0. The average Bonchev–Trinajstić information content (AvgIpc) is 2.95. The van der Waals surface area contributed by atoms with Crippen LogP contribution in [0.2, 0.25) is 0 Å². The molecule has 2 atom stereocenters. The van der Waals surface area contributed by atoms with Crippen LogP contribution in [-0.4, -0.2) is 41.6 Å². The highest BCUT2D eigenvalue weighted by molar-refractivity contribution is 5.89. The first-order valence-corrected chi connectivity index (χ1v) is 5.79. The number of morpholine rings is 1. The molecule has 16 heavy (non-hydrogen) atoms. The van der Waals surface area contributed by atoms with E-state index >= 15 is 0 Å². The van der Waals surface area contributed by atoms with Crippen LogP contribution in [-0.2, 0) is 9.53 Å². The average molecular weight is 249 g/mol. The molecule has 1 aliphatic heterocycles. The lowest BCUT2D eigenvalue weighted by atomic mass is 10.1. The van der Waals surface area contributed by atoms with Gasteiger partial charge in [0.2, 0.25) is 5.91 Å². The van der Waals surface area contributed by atoms with E-state index in [1.807, 2.05) is 11.8 Å². The van der Waals surface area contributed by atoms with E-state index in [0.717, 1.165) is 19.3 Å². The Morgan fingerprint density at radius 2 is 2.12 bits per heavy atom. The second-order valence-electron chi connectivity index (χ2n) is 4.84. The summed E-state index contributed by atoms with van der Waals surface area (Å²) in [5.41, 5.74) is 5.39. The Balaban J connectivity index is 0.00000128. The number of rotatable bonds is 2. The van der Waals surface area contributed by atoms with Crippen molar-refractivity contribution in [2.24, 2.45) is 5.73 Å². The van der Waals surface area contributed by atoms with Gasteiger partial charge < -0.3 is 15.4 Å². The van der Waals surface area contributed by atoms with E-state index in [0.29, 0.717) is 13.1 Å². The molecule has 0 aromatic heterocycles. The molecule has 0 radical (unpaired) electrons. The minimum absolute atomic E-state index is 0. The van der Waals surface area contributed by atoms with Crippen LogP contribution in [0.3, 0.4) is 0 Å². The van der Waals surface area contributed by atoms with Gasteiger partial charge >= 0.3 is 0 Å². The minimum Gasteiger partial charge on any atom is -0.372 e. The summed E-state index contributed by atoms with van der Waals surface area (Å²) in [4.78, 5) is 13.9. The molecular weight excluding hydrogens is 228 g/mol. The fourth-order valence-corrected chi connectivity index (χ4v) is 2.10. The predicted octanol–water partition coefficient (Wildman–Crippen LogP) is 0.925. The van der Waals surface area contributed by atoms with Crippen molar-refractivity contribution in [3.05, 3.63) is 0 Å². The summed E-state index contributed by atoms with van der Waals surface area (Å²) in [6.07, 6.45) is 2.95. The molecule has 2 N–H and O–H groups in total. The van der Waals surface area contributed by atoms with Gasteiger partial charge in [0, 0.05) is 13.1 Å². The van der Waals surface area contributed by atoms with Crippen LogP contribution >= 0.6 is 12.4 Å². The molecule has 2 fully saturated rings.